The van der Waals surface area contributed by atoms with E-state index in [4.69, 9.17) is 0 Å². The van der Waals surface area contributed by atoms with Crippen molar-refractivity contribution in [1.29, 1.82) is 0 Å². The van der Waals surface area contributed by atoms with Gasteiger partial charge in [-0.15, -0.1) is 0 Å². The lowest BCUT2D eigenvalue weighted by Crippen LogP contribution is -2.48. The molecular formula is C27H32O. The van der Waals surface area contributed by atoms with E-state index >= 15 is 0 Å². The molecule has 1 nitrogen and oxygen atoms in total. The van der Waals surface area contributed by atoms with Crippen LogP contribution in [0.25, 0.3) is 0 Å². The topological polar surface area (TPSA) is 17.1 Å². The van der Waals surface area contributed by atoms with Gasteiger partial charge in [0.05, 0.1) is 0 Å². The van der Waals surface area contributed by atoms with E-state index in [-0.39, 0.29) is 0 Å². The third kappa shape index (κ3) is 3.06. The molecule has 0 amide bonds. The first-order chi connectivity index (χ1) is 13.5. The van der Waals surface area contributed by atoms with Crippen molar-refractivity contribution >= 4 is 5.78 Å². The molecule has 0 heterocycles. The molecule has 0 radical (unpaired) electrons. The van der Waals surface area contributed by atoms with Gasteiger partial charge in [-0.05, 0) is 98.3 Å². The average molecular weight is 373 g/mol. The molecule has 4 aliphatic carbocycles. The van der Waals surface area contributed by atoms with Crippen LogP contribution in [0, 0.1) is 53.8 Å². The van der Waals surface area contributed by atoms with Crippen LogP contribution >= 0.6 is 0 Å². The molecule has 146 valence electrons. The van der Waals surface area contributed by atoms with E-state index in [9.17, 15) is 4.79 Å². The minimum atomic E-state index is 0.355. The zero-order valence-electron chi connectivity index (χ0n) is 17.3. The fourth-order valence-electron chi connectivity index (χ4n) is 7.37. The Bertz CT molecular complexity index is 881. The molecule has 1 heteroatoms. The molecule has 28 heavy (non-hydrogen) atoms. The number of rotatable bonds is 0. The molecule has 5 rings (SSSR count). The van der Waals surface area contributed by atoms with Crippen molar-refractivity contribution in [1.82, 2.24) is 0 Å². The van der Waals surface area contributed by atoms with Crippen molar-refractivity contribution in [2.24, 2.45) is 35.0 Å². The molecule has 1 aromatic rings. The van der Waals surface area contributed by atoms with Crippen LogP contribution in [0.2, 0.25) is 0 Å². The second kappa shape index (κ2) is 6.91. The fourth-order valence-corrected chi connectivity index (χ4v) is 7.37. The number of fused-ring (bicyclic) bond motifs is 5. The number of hydrogen-bond acceptors (Lipinski definition) is 1. The van der Waals surface area contributed by atoms with Gasteiger partial charge < -0.3 is 0 Å². The molecule has 0 N–H and O–H groups in total. The molecule has 1 aromatic carbocycles. The number of carbonyl (C=O) groups is 1. The van der Waals surface area contributed by atoms with E-state index < -0.39 is 0 Å². The molecule has 3 fully saturated rings. The van der Waals surface area contributed by atoms with Crippen molar-refractivity contribution < 1.29 is 4.79 Å². The highest BCUT2D eigenvalue weighted by atomic mass is 16.1. The maximum Gasteiger partial charge on any atom is 0.155 e. The van der Waals surface area contributed by atoms with Gasteiger partial charge in [0.1, 0.15) is 0 Å². The summed E-state index contributed by atoms with van der Waals surface area (Å²) in [6.07, 6.45) is 11.7. The first-order valence-electron chi connectivity index (χ1n) is 11.3. The van der Waals surface area contributed by atoms with Crippen LogP contribution in [0.1, 0.15) is 69.4 Å². The van der Waals surface area contributed by atoms with Crippen LogP contribution in [0.15, 0.2) is 35.9 Å². The first-order valence-corrected chi connectivity index (χ1v) is 11.3. The van der Waals surface area contributed by atoms with Crippen LogP contribution in [0.3, 0.4) is 0 Å². The van der Waals surface area contributed by atoms with Gasteiger partial charge in [0.15, 0.2) is 5.78 Å². The summed E-state index contributed by atoms with van der Waals surface area (Å²) in [7, 11) is 0. The van der Waals surface area contributed by atoms with Crippen LogP contribution in [-0.2, 0) is 4.79 Å². The SMILES string of the molecule is Cc1cccc(C#C[C@H]2C[C@]3(C)CCC[C@H]3[C@@H]3CCC4=CC(=O)CC[C@@H]4[C@H]32)c1. The van der Waals surface area contributed by atoms with Crippen molar-refractivity contribution in [2.45, 2.75) is 65.2 Å². The molecule has 0 bridgehead atoms. The fraction of sp³-hybridized carbons (Fsp3) is 0.593. The summed E-state index contributed by atoms with van der Waals surface area (Å²) in [6.45, 7) is 4.70. The number of allylic oxidation sites excluding steroid dienone is 1. The monoisotopic (exact) mass is 372 g/mol. The zero-order valence-corrected chi connectivity index (χ0v) is 17.3. The molecule has 3 saturated carbocycles. The van der Waals surface area contributed by atoms with E-state index in [0.717, 1.165) is 36.7 Å². The van der Waals surface area contributed by atoms with E-state index in [2.05, 4.69) is 50.0 Å². The van der Waals surface area contributed by atoms with E-state index in [1.54, 1.807) is 0 Å². The Morgan fingerprint density at radius 2 is 2.04 bits per heavy atom. The van der Waals surface area contributed by atoms with Gasteiger partial charge in [-0.1, -0.05) is 42.9 Å². The standard InChI is InChI=1S/C27H32O/c1-18-5-3-6-19(15-18)8-9-21-17-27(2)14-4-7-25(27)24-12-10-20-16-22(28)11-13-23(20)26(21)24/h3,5-6,15-16,21,23-26H,4,7,10-14,17H2,1-2H3/t21-,23-,24-,25-,26+,27-/m0/s1. The van der Waals surface area contributed by atoms with E-state index in [1.165, 1.54) is 43.2 Å². The Morgan fingerprint density at radius 1 is 1.14 bits per heavy atom. The van der Waals surface area contributed by atoms with Crippen molar-refractivity contribution in [3.05, 3.63) is 47.0 Å². The minimum absolute atomic E-state index is 0.355. The highest BCUT2D eigenvalue weighted by Gasteiger charge is 2.55. The minimum Gasteiger partial charge on any atom is -0.295 e. The van der Waals surface area contributed by atoms with E-state index in [1.807, 2.05) is 6.08 Å². The molecule has 6 atom stereocenters. The molecule has 0 aromatic heterocycles. The average Bonchev–Trinajstić information content (AvgIpc) is 3.07. The number of aryl methyl sites for hydroxylation is 1. The Balaban J connectivity index is 1.52. The van der Waals surface area contributed by atoms with Gasteiger partial charge in [0.25, 0.3) is 0 Å². The summed E-state index contributed by atoms with van der Waals surface area (Å²) < 4.78 is 0. The molecule has 0 aliphatic heterocycles. The van der Waals surface area contributed by atoms with Gasteiger partial charge in [-0.2, -0.15) is 0 Å². The predicted octanol–water partition coefficient (Wildman–Crippen LogP) is 6.10. The highest BCUT2D eigenvalue weighted by Crippen LogP contribution is 2.63. The first kappa shape index (κ1) is 18.2. The van der Waals surface area contributed by atoms with Gasteiger partial charge in [-0.3, -0.25) is 4.79 Å². The third-order valence-corrected chi connectivity index (χ3v) is 8.50. The van der Waals surface area contributed by atoms with Crippen LogP contribution < -0.4 is 0 Å². The summed E-state index contributed by atoms with van der Waals surface area (Å²) in [4.78, 5) is 12.0. The predicted molar refractivity (Wildman–Crippen MR) is 114 cm³/mol. The maximum atomic E-state index is 12.0. The molecule has 4 aliphatic rings. The second-order valence-electron chi connectivity index (χ2n) is 10.2. The van der Waals surface area contributed by atoms with E-state index in [0.29, 0.717) is 29.0 Å². The maximum absolute atomic E-state index is 12.0. The number of hydrogen-bond donors (Lipinski definition) is 0. The normalized spacial score (nSPS) is 39.1. The lowest BCUT2D eigenvalue weighted by atomic mass is 9.49. The smallest absolute Gasteiger partial charge is 0.155 e. The van der Waals surface area contributed by atoms with Crippen LogP contribution in [0.4, 0.5) is 0 Å². The summed E-state index contributed by atoms with van der Waals surface area (Å²) >= 11 is 0. The number of ketones is 1. The van der Waals surface area contributed by atoms with Crippen LogP contribution in [0.5, 0.6) is 0 Å². The molecule has 0 unspecified atom stereocenters. The highest BCUT2D eigenvalue weighted by molar-refractivity contribution is 5.91. The molecule has 0 saturated heterocycles. The van der Waals surface area contributed by atoms with Crippen molar-refractivity contribution in [3.8, 4) is 11.8 Å². The summed E-state index contributed by atoms with van der Waals surface area (Å²) in [5, 5.41) is 0. The molecular weight excluding hydrogens is 340 g/mol. The largest absolute Gasteiger partial charge is 0.295 e. The number of benzene rings is 1. The quantitative estimate of drug-likeness (QED) is 0.503. The molecule has 0 spiro atoms. The Labute approximate surface area is 170 Å². The van der Waals surface area contributed by atoms with Crippen molar-refractivity contribution in [3.63, 3.8) is 0 Å². The Morgan fingerprint density at radius 3 is 2.89 bits per heavy atom. The Hall–Kier alpha value is -1.81. The van der Waals surface area contributed by atoms with Gasteiger partial charge in [0, 0.05) is 17.9 Å². The Kier molecular flexibility index (Phi) is 4.50. The summed E-state index contributed by atoms with van der Waals surface area (Å²) in [6, 6.07) is 8.61. The summed E-state index contributed by atoms with van der Waals surface area (Å²) in [5.41, 5.74) is 4.38. The van der Waals surface area contributed by atoms with Gasteiger partial charge in [0.2, 0.25) is 0 Å². The third-order valence-electron chi connectivity index (χ3n) is 8.50. The summed E-state index contributed by atoms with van der Waals surface area (Å²) in [5.74, 6) is 11.1. The van der Waals surface area contributed by atoms with Crippen LogP contribution in [-0.4, -0.2) is 5.78 Å². The van der Waals surface area contributed by atoms with Gasteiger partial charge in [-0.25, -0.2) is 0 Å². The van der Waals surface area contributed by atoms with Crippen molar-refractivity contribution in [2.75, 3.05) is 0 Å². The second-order valence-corrected chi connectivity index (χ2v) is 10.2. The lowest BCUT2D eigenvalue weighted by Gasteiger charge is -2.55. The lowest BCUT2D eigenvalue weighted by molar-refractivity contribution is -0.116. The zero-order chi connectivity index (χ0) is 19.3. The number of carbonyl (C=O) groups excluding carboxylic acids is 1. The van der Waals surface area contributed by atoms with Gasteiger partial charge >= 0.3 is 0 Å².